The van der Waals surface area contributed by atoms with Crippen molar-refractivity contribution in [3.05, 3.63) is 66.0 Å². The molecule has 0 aromatic heterocycles. The number of carboxylic acid groups (broad SMARTS) is 1. The van der Waals surface area contributed by atoms with Crippen LogP contribution in [0.3, 0.4) is 0 Å². The summed E-state index contributed by atoms with van der Waals surface area (Å²) in [4.78, 5) is 35.8. The lowest BCUT2D eigenvalue weighted by atomic mass is 10.0. The zero-order chi connectivity index (χ0) is 23.0. The summed E-state index contributed by atoms with van der Waals surface area (Å²) in [5.41, 5.74) is 0.162. The molecule has 0 aliphatic heterocycles. The molecule has 0 saturated carbocycles. The summed E-state index contributed by atoms with van der Waals surface area (Å²) in [6.45, 7) is 1.17. The van der Waals surface area contributed by atoms with Gasteiger partial charge >= 0.3 is 5.97 Å². The predicted molar refractivity (Wildman–Crippen MR) is 110 cm³/mol. The maximum absolute atomic E-state index is 13.9. The summed E-state index contributed by atoms with van der Waals surface area (Å²) in [5.74, 6) is -3.93. The van der Waals surface area contributed by atoms with E-state index >= 15 is 0 Å². The number of benzene rings is 2. The van der Waals surface area contributed by atoms with E-state index in [-0.39, 0.29) is 23.3 Å². The molecule has 3 N–H and O–H groups in total. The fourth-order valence-electron chi connectivity index (χ4n) is 2.89. The van der Waals surface area contributed by atoms with E-state index < -0.39 is 51.3 Å². The van der Waals surface area contributed by atoms with Crippen molar-refractivity contribution >= 4 is 27.6 Å². The highest BCUT2D eigenvalue weighted by atomic mass is 32.2. The average molecular weight is 450 g/mol. The highest BCUT2D eigenvalue weighted by Gasteiger charge is 2.28. The summed E-state index contributed by atoms with van der Waals surface area (Å²) in [6.07, 6.45) is -0.586. The van der Waals surface area contributed by atoms with Crippen molar-refractivity contribution in [1.82, 2.24) is 10.6 Å². The third-order valence-corrected chi connectivity index (χ3v) is 6.23. The van der Waals surface area contributed by atoms with Crippen LogP contribution in [0.5, 0.6) is 0 Å². The number of nitrogens with one attached hydrogen (secondary N) is 2. The van der Waals surface area contributed by atoms with Crippen molar-refractivity contribution in [3.63, 3.8) is 0 Å². The van der Waals surface area contributed by atoms with Crippen LogP contribution in [0.25, 0.3) is 0 Å². The number of carbonyl (C=O) groups excluding carboxylic acids is 2. The Hall–Kier alpha value is -3.27. The number of hydrogen-bond donors (Lipinski definition) is 3. The summed E-state index contributed by atoms with van der Waals surface area (Å²) in [6, 6.07) is 10.5. The third kappa shape index (κ3) is 7.18. The number of amides is 2. The Labute approximate surface area is 179 Å². The summed E-state index contributed by atoms with van der Waals surface area (Å²) in [7, 11) is -3.75. The maximum atomic E-state index is 13.9. The molecule has 0 unspecified atom stereocenters. The lowest BCUT2D eigenvalue weighted by molar-refractivity contribution is -0.142. The third-order valence-electron chi connectivity index (χ3n) is 4.47. The van der Waals surface area contributed by atoms with Gasteiger partial charge < -0.3 is 15.7 Å². The first-order valence-corrected chi connectivity index (χ1v) is 11.1. The number of rotatable bonds is 10. The van der Waals surface area contributed by atoms with Crippen LogP contribution in [-0.2, 0) is 30.6 Å². The smallest absolute Gasteiger partial charge is 0.326 e. The van der Waals surface area contributed by atoms with Crippen LogP contribution in [0.2, 0.25) is 0 Å². The Morgan fingerprint density at radius 3 is 2.16 bits per heavy atom. The molecule has 0 heterocycles. The molecular weight excluding hydrogens is 427 g/mol. The lowest BCUT2D eigenvalue weighted by Gasteiger charge is -2.21. The predicted octanol–water partition coefficient (Wildman–Crippen LogP) is 1.31. The van der Waals surface area contributed by atoms with Gasteiger partial charge in [0.15, 0.2) is 9.84 Å². The van der Waals surface area contributed by atoms with Gasteiger partial charge in [-0.2, -0.15) is 0 Å². The van der Waals surface area contributed by atoms with E-state index in [1.807, 2.05) is 0 Å². The van der Waals surface area contributed by atoms with Gasteiger partial charge in [0.25, 0.3) is 0 Å². The Morgan fingerprint density at radius 1 is 0.968 bits per heavy atom. The van der Waals surface area contributed by atoms with Gasteiger partial charge in [0.05, 0.1) is 10.6 Å². The number of sulfone groups is 1. The molecule has 0 aliphatic carbocycles. The average Bonchev–Trinajstić information content (AvgIpc) is 2.72. The number of halogens is 1. The van der Waals surface area contributed by atoms with Gasteiger partial charge in [-0.05, 0) is 30.2 Å². The van der Waals surface area contributed by atoms with Crippen LogP contribution in [-0.4, -0.2) is 49.1 Å². The molecule has 2 aromatic carbocycles. The maximum Gasteiger partial charge on any atom is 0.326 e. The standard InChI is InChI=1S/C21H23FN2O6S/c1-14(25)23-19(13-15-7-5-6-10-17(15)22)20(26)24-18(21(27)28)11-12-31(29,30)16-8-3-2-4-9-16/h2-10,18-19H,11-13H2,1H3,(H,23,25)(H,24,26)(H,27,28)/t18-,19-/m1/s1. The van der Waals surface area contributed by atoms with E-state index in [4.69, 9.17) is 0 Å². The van der Waals surface area contributed by atoms with Crippen LogP contribution in [0.4, 0.5) is 4.39 Å². The number of carbonyl (C=O) groups is 3. The topological polar surface area (TPSA) is 130 Å². The van der Waals surface area contributed by atoms with Crippen LogP contribution >= 0.6 is 0 Å². The van der Waals surface area contributed by atoms with E-state index in [0.29, 0.717) is 0 Å². The first-order valence-electron chi connectivity index (χ1n) is 9.41. The van der Waals surface area contributed by atoms with E-state index in [1.165, 1.54) is 37.3 Å². The van der Waals surface area contributed by atoms with E-state index in [1.54, 1.807) is 24.3 Å². The molecule has 2 atom stereocenters. The minimum atomic E-state index is -3.75. The molecule has 31 heavy (non-hydrogen) atoms. The molecule has 10 heteroatoms. The largest absolute Gasteiger partial charge is 0.480 e. The Kier molecular flexibility index (Phi) is 8.26. The Morgan fingerprint density at radius 2 is 1.58 bits per heavy atom. The second-order valence-electron chi connectivity index (χ2n) is 6.87. The molecule has 0 aliphatic rings. The second kappa shape index (κ2) is 10.7. The van der Waals surface area contributed by atoms with Gasteiger partial charge in [-0.25, -0.2) is 17.6 Å². The minimum Gasteiger partial charge on any atom is -0.480 e. The number of aliphatic carboxylic acids is 1. The van der Waals surface area contributed by atoms with Gasteiger partial charge in [-0.1, -0.05) is 36.4 Å². The molecule has 2 aromatic rings. The number of carboxylic acids is 1. The highest BCUT2D eigenvalue weighted by Crippen LogP contribution is 2.13. The molecule has 0 radical (unpaired) electrons. The SMILES string of the molecule is CC(=O)N[C@H](Cc1ccccc1F)C(=O)N[C@H](CCS(=O)(=O)c1ccccc1)C(=O)O. The second-order valence-corrected chi connectivity index (χ2v) is 8.98. The van der Waals surface area contributed by atoms with Crippen molar-refractivity contribution in [2.75, 3.05) is 5.75 Å². The first kappa shape index (κ1) is 24.0. The normalized spacial score (nSPS) is 13.1. The quantitative estimate of drug-likeness (QED) is 0.500. The molecule has 0 saturated heterocycles. The van der Waals surface area contributed by atoms with Crippen LogP contribution < -0.4 is 10.6 Å². The van der Waals surface area contributed by atoms with Gasteiger partial charge in [-0.15, -0.1) is 0 Å². The van der Waals surface area contributed by atoms with Crippen LogP contribution in [0.1, 0.15) is 18.9 Å². The monoisotopic (exact) mass is 450 g/mol. The van der Waals surface area contributed by atoms with Crippen molar-refractivity contribution < 1.29 is 32.3 Å². The molecule has 0 fully saturated rings. The van der Waals surface area contributed by atoms with Gasteiger partial charge in [0, 0.05) is 13.3 Å². The van der Waals surface area contributed by atoms with Crippen molar-refractivity contribution in [3.8, 4) is 0 Å². The van der Waals surface area contributed by atoms with Crippen molar-refractivity contribution in [1.29, 1.82) is 0 Å². The fraction of sp³-hybridized carbons (Fsp3) is 0.286. The summed E-state index contributed by atoms with van der Waals surface area (Å²) < 4.78 is 38.7. The number of hydrogen-bond acceptors (Lipinski definition) is 5. The zero-order valence-electron chi connectivity index (χ0n) is 16.7. The first-order chi connectivity index (χ1) is 14.6. The zero-order valence-corrected chi connectivity index (χ0v) is 17.6. The molecule has 166 valence electrons. The van der Waals surface area contributed by atoms with E-state index in [0.717, 1.165) is 0 Å². The van der Waals surface area contributed by atoms with Crippen LogP contribution in [0, 0.1) is 5.82 Å². The molecular formula is C21H23FN2O6S. The van der Waals surface area contributed by atoms with E-state index in [2.05, 4.69) is 10.6 Å². The van der Waals surface area contributed by atoms with Gasteiger partial charge in [0.2, 0.25) is 11.8 Å². The summed E-state index contributed by atoms with van der Waals surface area (Å²) >= 11 is 0. The highest BCUT2D eigenvalue weighted by molar-refractivity contribution is 7.91. The Bertz CT molecular complexity index is 1040. The van der Waals surface area contributed by atoms with Crippen molar-refractivity contribution in [2.24, 2.45) is 0 Å². The molecule has 8 nitrogen and oxygen atoms in total. The molecule has 0 bridgehead atoms. The molecule has 2 rings (SSSR count). The minimum absolute atomic E-state index is 0.0427. The molecule has 0 spiro atoms. The lowest BCUT2D eigenvalue weighted by Crippen LogP contribution is -2.52. The van der Waals surface area contributed by atoms with E-state index in [9.17, 15) is 32.3 Å². The van der Waals surface area contributed by atoms with Gasteiger partial charge in [-0.3, -0.25) is 9.59 Å². The van der Waals surface area contributed by atoms with Crippen molar-refractivity contribution in [2.45, 2.75) is 36.7 Å². The molecule has 2 amide bonds. The fourth-order valence-corrected chi connectivity index (χ4v) is 4.24. The summed E-state index contributed by atoms with van der Waals surface area (Å²) in [5, 5.41) is 14.0. The van der Waals surface area contributed by atoms with Gasteiger partial charge in [0.1, 0.15) is 17.9 Å². The van der Waals surface area contributed by atoms with Crippen LogP contribution in [0.15, 0.2) is 59.5 Å². The Balaban J connectivity index is 2.11.